The predicted octanol–water partition coefficient (Wildman–Crippen LogP) is 4.59. The van der Waals surface area contributed by atoms with Gasteiger partial charge < -0.3 is 4.74 Å². The smallest absolute Gasteiger partial charge is 0.271 e. The van der Waals surface area contributed by atoms with E-state index in [4.69, 9.17) is 4.74 Å². The molecule has 4 nitrogen and oxygen atoms in total. The molecule has 0 saturated carbocycles. The molecule has 7 heteroatoms. The van der Waals surface area contributed by atoms with Gasteiger partial charge in [0.05, 0.1) is 19.5 Å². The number of hydrogen-bond donors (Lipinski definition) is 1. The first-order valence-corrected chi connectivity index (χ1v) is 9.27. The van der Waals surface area contributed by atoms with Crippen molar-refractivity contribution in [2.45, 2.75) is 20.0 Å². The van der Waals surface area contributed by atoms with E-state index in [2.05, 4.69) is 55.7 Å². The molecule has 0 aliphatic rings. The molecule has 2 aromatic carbocycles. The number of benzene rings is 2. The Bertz CT molecular complexity index is 739. The van der Waals surface area contributed by atoms with Gasteiger partial charge in [0.25, 0.3) is 5.91 Å². The lowest BCUT2D eigenvalue weighted by Gasteiger charge is -2.14. The Labute approximate surface area is 167 Å². The van der Waals surface area contributed by atoms with Crippen molar-refractivity contribution in [2.75, 3.05) is 0 Å². The van der Waals surface area contributed by atoms with Crippen molar-refractivity contribution in [1.82, 2.24) is 5.43 Å². The van der Waals surface area contributed by atoms with E-state index in [-0.39, 0.29) is 11.9 Å². The van der Waals surface area contributed by atoms with Crippen molar-refractivity contribution in [3.05, 3.63) is 60.5 Å². The minimum absolute atomic E-state index is 0.0987. The lowest BCUT2D eigenvalue weighted by atomic mass is 10.2. The number of halogens is 3. The molecule has 2 rings (SSSR count). The largest absolute Gasteiger partial charge is 0.489 e. The zero-order valence-electron chi connectivity index (χ0n) is 13.0. The molecule has 0 saturated heterocycles. The van der Waals surface area contributed by atoms with Gasteiger partial charge in [-0.2, -0.15) is 5.10 Å². The fraction of sp³-hybridized carbons (Fsp3) is 0.176. The van der Waals surface area contributed by atoms with E-state index in [1.807, 2.05) is 26.0 Å². The first-order valence-electron chi connectivity index (χ1n) is 7.11. The SMILES string of the molecule is CC(C)Oc1c(I)cc(/C=N\NC(=O)c2ccc(F)cc2)cc1I. The molecule has 0 aliphatic carbocycles. The van der Waals surface area contributed by atoms with Crippen LogP contribution in [0.15, 0.2) is 41.5 Å². The highest BCUT2D eigenvalue weighted by Crippen LogP contribution is 2.29. The average molecular weight is 552 g/mol. The zero-order chi connectivity index (χ0) is 17.7. The van der Waals surface area contributed by atoms with Gasteiger partial charge in [0.1, 0.15) is 11.6 Å². The van der Waals surface area contributed by atoms with E-state index in [0.717, 1.165) is 18.5 Å². The minimum Gasteiger partial charge on any atom is -0.489 e. The predicted molar refractivity (Wildman–Crippen MR) is 109 cm³/mol. The Morgan fingerprint density at radius 3 is 2.33 bits per heavy atom. The van der Waals surface area contributed by atoms with Crippen LogP contribution in [-0.4, -0.2) is 18.2 Å². The van der Waals surface area contributed by atoms with Crippen molar-refractivity contribution >= 4 is 57.3 Å². The van der Waals surface area contributed by atoms with E-state index in [1.165, 1.54) is 24.3 Å². The number of ether oxygens (including phenoxy) is 1. The molecule has 1 amide bonds. The standard InChI is InChI=1S/C17H15FI2N2O2/c1-10(2)24-16-14(19)7-11(8-15(16)20)9-21-22-17(23)12-3-5-13(18)6-4-12/h3-10H,1-2H3,(H,22,23)/b21-9-. The molecule has 1 N–H and O–H groups in total. The maximum absolute atomic E-state index is 12.8. The van der Waals surface area contributed by atoms with Gasteiger partial charge in [-0.1, -0.05) is 0 Å². The molecule has 24 heavy (non-hydrogen) atoms. The fourth-order valence-electron chi connectivity index (χ4n) is 1.83. The molecule has 2 aromatic rings. The summed E-state index contributed by atoms with van der Waals surface area (Å²) in [6.07, 6.45) is 1.66. The summed E-state index contributed by atoms with van der Waals surface area (Å²) in [5.41, 5.74) is 3.62. The highest BCUT2D eigenvalue weighted by atomic mass is 127. The third-order valence-electron chi connectivity index (χ3n) is 2.86. The molecule has 126 valence electrons. The van der Waals surface area contributed by atoms with Crippen LogP contribution in [-0.2, 0) is 0 Å². The molecule has 0 heterocycles. The van der Waals surface area contributed by atoms with Gasteiger partial charge in [-0.25, -0.2) is 9.82 Å². The normalized spacial score (nSPS) is 11.1. The van der Waals surface area contributed by atoms with E-state index in [0.29, 0.717) is 5.56 Å². The maximum Gasteiger partial charge on any atom is 0.271 e. The second kappa shape index (κ2) is 8.75. The monoisotopic (exact) mass is 552 g/mol. The van der Waals surface area contributed by atoms with Crippen molar-refractivity contribution in [2.24, 2.45) is 5.10 Å². The summed E-state index contributed by atoms with van der Waals surface area (Å²) >= 11 is 4.42. The lowest BCUT2D eigenvalue weighted by Crippen LogP contribution is -2.17. The fourth-order valence-corrected chi connectivity index (χ4v) is 3.90. The highest BCUT2D eigenvalue weighted by Gasteiger charge is 2.10. The van der Waals surface area contributed by atoms with E-state index in [1.54, 1.807) is 6.21 Å². The average Bonchev–Trinajstić information content (AvgIpc) is 2.51. The van der Waals surface area contributed by atoms with Crippen LogP contribution in [0.2, 0.25) is 0 Å². The molecule has 0 radical (unpaired) electrons. The Hall–Kier alpha value is -1.23. The van der Waals surface area contributed by atoms with Crippen LogP contribution in [0, 0.1) is 13.0 Å². The van der Waals surface area contributed by atoms with E-state index < -0.39 is 5.91 Å². The molecule has 0 spiro atoms. The first-order chi connectivity index (χ1) is 11.4. The van der Waals surface area contributed by atoms with Crippen LogP contribution < -0.4 is 10.2 Å². The van der Waals surface area contributed by atoms with Crippen molar-refractivity contribution in [1.29, 1.82) is 0 Å². The van der Waals surface area contributed by atoms with E-state index >= 15 is 0 Å². The topological polar surface area (TPSA) is 50.7 Å². The van der Waals surface area contributed by atoms with Crippen molar-refractivity contribution < 1.29 is 13.9 Å². The Morgan fingerprint density at radius 2 is 1.79 bits per heavy atom. The molecule has 0 unspecified atom stereocenters. The second-order valence-electron chi connectivity index (χ2n) is 5.19. The van der Waals surface area contributed by atoms with Crippen molar-refractivity contribution in [3.63, 3.8) is 0 Å². The number of nitrogens with zero attached hydrogens (tertiary/aromatic N) is 1. The second-order valence-corrected chi connectivity index (χ2v) is 7.51. The van der Waals surface area contributed by atoms with Crippen LogP contribution in [0.3, 0.4) is 0 Å². The molecule has 0 fully saturated rings. The van der Waals surface area contributed by atoms with E-state index in [9.17, 15) is 9.18 Å². The summed E-state index contributed by atoms with van der Waals surface area (Å²) in [5, 5.41) is 3.95. The maximum atomic E-state index is 12.8. The number of carbonyl (C=O) groups is 1. The van der Waals surface area contributed by atoms with Gasteiger partial charge in [0.15, 0.2) is 0 Å². The van der Waals surface area contributed by atoms with Gasteiger partial charge in [-0.3, -0.25) is 4.79 Å². The third-order valence-corrected chi connectivity index (χ3v) is 4.46. The summed E-state index contributed by atoms with van der Waals surface area (Å²) in [7, 11) is 0. The van der Waals surface area contributed by atoms with Crippen LogP contribution in [0.1, 0.15) is 29.8 Å². The molecular formula is C17H15FI2N2O2. The number of nitrogens with one attached hydrogen (secondary N) is 1. The molecule has 0 bridgehead atoms. The van der Waals surface area contributed by atoms with Crippen molar-refractivity contribution in [3.8, 4) is 5.75 Å². The Morgan fingerprint density at radius 1 is 1.21 bits per heavy atom. The number of carbonyl (C=O) groups excluding carboxylic acids is 1. The number of hydrogen-bond acceptors (Lipinski definition) is 3. The number of amides is 1. The summed E-state index contributed by atoms with van der Waals surface area (Å²) < 4.78 is 20.6. The van der Waals surface area contributed by atoms with Crippen LogP contribution in [0.25, 0.3) is 0 Å². The van der Waals surface area contributed by atoms with Crippen LogP contribution >= 0.6 is 45.2 Å². The first kappa shape index (κ1) is 19.1. The van der Waals surface area contributed by atoms with Gasteiger partial charge in [-0.15, -0.1) is 0 Å². The number of hydrazone groups is 1. The quantitative estimate of drug-likeness (QED) is 0.336. The highest BCUT2D eigenvalue weighted by molar-refractivity contribution is 14.1. The van der Waals surface area contributed by atoms with Crippen LogP contribution in [0.5, 0.6) is 5.75 Å². The van der Waals surface area contributed by atoms with Gasteiger partial charge in [-0.05, 0) is 101 Å². The van der Waals surface area contributed by atoms with Gasteiger partial charge in [0, 0.05) is 5.56 Å². The van der Waals surface area contributed by atoms with Gasteiger partial charge >= 0.3 is 0 Å². The van der Waals surface area contributed by atoms with Gasteiger partial charge in [0.2, 0.25) is 0 Å². The molecule has 0 aliphatic heterocycles. The summed E-state index contributed by atoms with van der Waals surface area (Å²) in [4.78, 5) is 11.9. The number of rotatable bonds is 5. The molecular weight excluding hydrogens is 537 g/mol. The summed E-state index contributed by atoms with van der Waals surface area (Å²) in [6, 6.07) is 9.13. The third kappa shape index (κ3) is 5.40. The Kier molecular flexibility index (Phi) is 6.96. The summed E-state index contributed by atoms with van der Waals surface area (Å²) in [6.45, 7) is 3.96. The Balaban J connectivity index is 2.06. The molecule has 0 aromatic heterocycles. The minimum atomic E-state index is -0.393. The lowest BCUT2D eigenvalue weighted by molar-refractivity contribution is 0.0955. The summed E-state index contributed by atoms with van der Waals surface area (Å²) in [5.74, 6) is 0.0667. The molecule has 0 atom stereocenters. The zero-order valence-corrected chi connectivity index (χ0v) is 17.3. The van der Waals surface area contributed by atoms with Crippen LogP contribution in [0.4, 0.5) is 4.39 Å².